The lowest BCUT2D eigenvalue weighted by molar-refractivity contribution is -0.121. The van der Waals surface area contributed by atoms with Crippen LogP contribution in [0.4, 0.5) is 5.69 Å². The molecule has 98 valence electrons. The first kappa shape index (κ1) is 11.8. The van der Waals surface area contributed by atoms with Gasteiger partial charge in [0.2, 0.25) is 5.91 Å². The van der Waals surface area contributed by atoms with Crippen molar-refractivity contribution in [1.29, 1.82) is 0 Å². The number of nitrogens with one attached hydrogen (secondary N) is 2. The fourth-order valence-electron chi connectivity index (χ4n) is 2.31. The minimum absolute atomic E-state index is 0.0521. The van der Waals surface area contributed by atoms with E-state index < -0.39 is 0 Å². The number of carbonyl (C=O) groups excluding carboxylic acids is 1. The molecule has 1 aliphatic rings. The van der Waals surface area contributed by atoms with E-state index in [-0.39, 0.29) is 11.9 Å². The lowest BCUT2D eigenvalue weighted by Crippen LogP contribution is -2.39. The molecule has 3 rings (SSSR count). The van der Waals surface area contributed by atoms with Gasteiger partial charge in [0.1, 0.15) is 6.04 Å². The average molecular weight is 256 g/mol. The van der Waals surface area contributed by atoms with Crippen molar-refractivity contribution in [2.24, 2.45) is 0 Å². The van der Waals surface area contributed by atoms with Crippen molar-refractivity contribution in [3.8, 4) is 0 Å². The van der Waals surface area contributed by atoms with Crippen molar-refractivity contribution in [2.75, 3.05) is 11.9 Å². The summed E-state index contributed by atoms with van der Waals surface area (Å²) in [5.74, 6) is 0.0521. The second-order valence-electron chi connectivity index (χ2n) is 4.65. The Balaban J connectivity index is 1.50. The second kappa shape index (κ2) is 5.14. The number of para-hydroxylation sites is 1. The Hall–Kier alpha value is -2.30. The highest BCUT2D eigenvalue weighted by atomic mass is 16.2. The molecule has 0 radical (unpaired) electrons. The molecule has 0 saturated carbocycles. The van der Waals surface area contributed by atoms with E-state index in [0.29, 0.717) is 6.54 Å². The summed E-state index contributed by atoms with van der Waals surface area (Å²) in [6.07, 6.45) is 6.12. The zero-order valence-electron chi connectivity index (χ0n) is 10.5. The maximum atomic E-state index is 12.0. The lowest BCUT2D eigenvalue weighted by Gasteiger charge is -2.12. The first-order valence-corrected chi connectivity index (χ1v) is 6.41. The van der Waals surface area contributed by atoms with E-state index in [1.807, 2.05) is 29.0 Å². The molecule has 19 heavy (non-hydrogen) atoms. The molecule has 5 heteroatoms. The molecule has 1 aromatic carbocycles. The molecule has 2 heterocycles. The Morgan fingerprint density at radius 1 is 1.47 bits per heavy atom. The van der Waals surface area contributed by atoms with E-state index in [1.54, 1.807) is 12.5 Å². The molecule has 0 fully saturated rings. The van der Waals surface area contributed by atoms with Crippen LogP contribution in [0, 0.1) is 0 Å². The lowest BCUT2D eigenvalue weighted by atomic mass is 10.1. The van der Waals surface area contributed by atoms with E-state index in [1.165, 1.54) is 5.56 Å². The molecular formula is C14H16N4O. The van der Waals surface area contributed by atoms with Crippen molar-refractivity contribution >= 4 is 11.6 Å². The van der Waals surface area contributed by atoms with Crippen LogP contribution >= 0.6 is 0 Å². The van der Waals surface area contributed by atoms with Gasteiger partial charge < -0.3 is 15.2 Å². The van der Waals surface area contributed by atoms with E-state index in [2.05, 4.69) is 21.7 Å². The van der Waals surface area contributed by atoms with Gasteiger partial charge in [0, 0.05) is 37.6 Å². The molecule has 2 N–H and O–H groups in total. The summed E-state index contributed by atoms with van der Waals surface area (Å²) in [6.45, 7) is 1.36. The van der Waals surface area contributed by atoms with Crippen molar-refractivity contribution in [2.45, 2.75) is 19.0 Å². The van der Waals surface area contributed by atoms with Crippen molar-refractivity contribution in [1.82, 2.24) is 14.9 Å². The van der Waals surface area contributed by atoms with Crippen LogP contribution in [0.15, 0.2) is 43.0 Å². The molecule has 1 unspecified atom stereocenters. The maximum absolute atomic E-state index is 12.0. The van der Waals surface area contributed by atoms with Crippen molar-refractivity contribution < 1.29 is 4.79 Å². The first-order chi connectivity index (χ1) is 9.33. The molecular weight excluding hydrogens is 240 g/mol. The second-order valence-corrected chi connectivity index (χ2v) is 4.65. The van der Waals surface area contributed by atoms with Crippen molar-refractivity contribution in [3.63, 3.8) is 0 Å². The van der Waals surface area contributed by atoms with E-state index >= 15 is 0 Å². The number of hydrogen-bond donors (Lipinski definition) is 2. The normalized spacial score (nSPS) is 16.7. The van der Waals surface area contributed by atoms with Gasteiger partial charge in [-0.15, -0.1) is 0 Å². The molecule has 5 nitrogen and oxygen atoms in total. The van der Waals surface area contributed by atoms with Gasteiger partial charge in [0.15, 0.2) is 0 Å². The third kappa shape index (κ3) is 2.59. The first-order valence-electron chi connectivity index (χ1n) is 6.41. The largest absolute Gasteiger partial charge is 0.373 e. The number of amides is 1. The van der Waals surface area contributed by atoms with Crippen LogP contribution in [0.25, 0.3) is 0 Å². The number of imidazole rings is 1. The van der Waals surface area contributed by atoms with Crippen LogP contribution in [0.5, 0.6) is 0 Å². The highest BCUT2D eigenvalue weighted by Crippen LogP contribution is 2.24. The maximum Gasteiger partial charge on any atom is 0.242 e. The van der Waals surface area contributed by atoms with Gasteiger partial charge >= 0.3 is 0 Å². The van der Waals surface area contributed by atoms with Crippen LogP contribution in [0.2, 0.25) is 0 Å². The Morgan fingerprint density at radius 3 is 3.16 bits per heavy atom. The molecule has 2 aromatic rings. The Kier molecular flexibility index (Phi) is 3.18. The number of nitrogens with zero attached hydrogens (tertiary/aromatic N) is 2. The van der Waals surface area contributed by atoms with E-state index in [0.717, 1.165) is 18.7 Å². The fraction of sp³-hybridized carbons (Fsp3) is 0.286. The molecule has 0 spiro atoms. The summed E-state index contributed by atoms with van der Waals surface area (Å²) < 4.78 is 1.94. The van der Waals surface area contributed by atoms with E-state index in [9.17, 15) is 4.79 Å². The van der Waals surface area contributed by atoms with Gasteiger partial charge in [-0.3, -0.25) is 4.79 Å². The number of hydrogen-bond acceptors (Lipinski definition) is 3. The fourth-order valence-corrected chi connectivity index (χ4v) is 2.31. The number of carbonyl (C=O) groups is 1. The minimum atomic E-state index is -0.153. The molecule has 1 aromatic heterocycles. The topological polar surface area (TPSA) is 59.0 Å². The number of rotatable bonds is 4. The quantitative estimate of drug-likeness (QED) is 0.859. The summed E-state index contributed by atoms with van der Waals surface area (Å²) in [5, 5.41) is 6.19. The summed E-state index contributed by atoms with van der Waals surface area (Å²) in [5.41, 5.74) is 2.27. The highest BCUT2D eigenvalue weighted by molar-refractivity contribution is 5.87. The summed E-state index contributed by atoms with van der Waals surface area (Å²) >= 11 is 0. The molecule has 0 saturated heterocycles. The predicted octanol–water partition coefficient (Wildman–Crippen LogP) is 1.04. The van der Waals surface area contributed by atoms with Gasteiger partial charge in [-0.25, -0.2) is 4.98 Å². The van der Waals surface area contributed by atoms with Gasteiger partial charge in [0.05, 0.1) is 6.33 Å². The summed E-state index contributed by atoms with van der Waals surface area (Å²) in [7, 11) is 0. The average Bonchev–Trinajstić information content (AvgIpc) is 3.07. The predicted molar refractivity (Wildman–Crippen MR) is 72.8 cm³/mol. The molecule has 1 atom stereocenters. The number of anilines is 1. The number of benzene rings is 1. The summed E-state index contributed by atoms with van der Waals surface area (Å²) in [6, 6.07) is 7.89. The zero-order valence-corrected chi connectivity index (χ0v) is 10.5. The zero-order chi connectivity index (χ0) is 13.1. The molecule has 0 bridgehead atoms. The number of aromatic nitrogens is 2. The third-order valence-corrected chi connectivity index (χ3v) is 3.32. The Labute approximate surface area is 111 Å². The monoisotopic (exact) mass is 256 g/mol. The van der Waals surface area contributed by atoms with Crippen molar-refractivity contribution in [3.05, 3.63) is 48.5 Å². The summed E-state index contributed by atoms with van der Waals surface area (Å²) in [4.78, 5) is 16.0. The minimum Gasteiger partial charge on any atom is -0.373 e. The van der Waals surface area contributed by atoms with Gasteiger partial charge in [0.25, 0.3) is 0 Å². The smallest absolute Gasteiger partial charge is 0.242 e. The Bertz CT molecular complexity index is 540. The van der Waals surface area contributed by atoms with Gasteiger partial charge in [-0.05, 0) is 11.6 Å². The van der Waals surface area contributed by atoms with Gasteiger partial charge in [-0.1, -0.05) is 18.2 Å². The molecule has 0 aliphatic carbocycles. The van der Waals surface area contributed by atoms with Crippen LogP contribution in [0.1, 0.15) is 5.56 Å². The molecule has 1 amide bonds. The van der Waals surface area contributed by atoms with E-state index in [4.69, 9.17) is 0 Å². The molecule has 1 aliphatic heterocycles. The van der Waals surface area contributed by atoms with Crippen LogP contribution in [0.3, 0.4) is 0 Å². The Morgan fingerprint density at radius 2 is 2.37 bits per heavy atom. The van der Waals surface area contributed by atoms with Crippen LogP contribution < -0.4 is 10.6 Å². The SMILES string of the molecule is O=C(NCCn1ccnc1)C1Cc2ccccc2N1. The van der Waals surface area contributed by atoms with Gasteiger partial charge in [-0.2, -0.15) is 0 Å². The standard InChI is InChI=1S/C14H16N4O/c19-14(16-6-8-18-7-5-15-10-18)13-9-11-3-1-2-4-12(11)17-13/h1-5,7,10,13,17H,6,8-9H2,(H,16,19). The van der Waals surface area contributed by atoms with Crippen LogP contribution in [-0.4, -0.2) is 28.0 Å². The highest BCUT2D eigenvalue weighted by Gasteiger charge is 2.25. The third-order valence-electron chi connectivity index (χ3n) is 3.32. The number of fused-ring (bicyclic) bond motifs is 1. The van der Waals surface area contributed by atoms with Crippen LogP contribution in [-0.2, 0) is 17.8 Å².